The van der Waals surface area contributed by atoms with E-state index in [1.54, 1.807) is 0 Å². The number of aromatic nitrogens is 1. The van der Waals surface area contributed by atoms with Crippen molar-refractivity contribution in [2.45, 2.75) is 19.8 Å². The summed E-state index contributed by atoms with van der Waals surface area (Å²) < 4.78 is 9.72. The van der Waals surface area contributed by atoms with Gasteiger partial charge in [-0.25, -0.2) is 0 Å². The summed E-state index contributed by atoms with van der Waals surface area (Å²) in [5, 5.41) is 3.97. The molecule has 3 rings (SSSR count). The van der Waals surface area contributed by atoms with Gasteiger partial charge in [0.1, 0.15) is 5.00 Å². The summed E-state index contributed by atoms with van der Waals surface area (Å²) in [6, 6.07) is 0. The average Bonchev–Trinajstić information content (AvgIpc) is 2.96. The topological polar surface area (TPSA) is 57.7 Å². The van der Waals surface area contributed by atoms with Gasteiger partial charge < -0.3 is 15.0 Å². The Morgan fingerprint density at radius 3 is 2.65 bits per heavy atom. The predicted octanol–water partition coefficient (Wildman–Crippen LogP) is 1.68. The molecule has 0 aromatic carbocycles. The number of likely N-dealkylation sites (tertiary alicyclic amines) is 1. The third-order valence-electron chi connectivity index (χ3n) is 4.83. The second-order valence-corrected chi connectivity index (χ2v) is 7.14. The van der Waals surface area contributed by atoms with Crippen LogP contribution in [0.3, 0.4) is 0 Å². The molecule has 2 aliphatic rings. The van der Waals surface area contributed by atoms with E-state index < -0.39 is 0 Å². The predicted molar refractivity (Wildman–Crippen MR) is 92.3 cm³/mol. The molecular weight excluding hydrogens is 312 g/mol. The second kappa shape index (κ2) is 7.59. The summed E-state index contributed by atoms with van der Waals surface area (Å²) in [5.74, 6) is 0.827. The molecule has 1 N–H and O–H groups in total. The van der Waals surface area contributed by atoms with Crippen molar-refractivity contribution in [1.29, 1.82) is 0 Å². The lowest BCUT2D eigenvalue weighted by Gasteiger charge is -2.36. The molecule has 2 saturated heterocycles. The fraction of sp³-hybridized carbons (Fsp3) is 0.750. The average molecular weight is 338 g/mol. The van der Waals surface area contributed by atoms with Crippen molar-refractivity contribution in [2.75, 3.05) is 58.3 Å². The van der Waals surface area contributed by atoms with Gasteiger partial charge in [-0.2, -0.15) is 4.37 Å². The van der Waals surface area contributed by atoms with E-state index >= 15 is 0 Å². The van der Waals surface area contributed by atoms with Crippen LogP contribution in [-0.4, -0.2) is 73.1 Å². The molecule has 1 amide bonds. The van der Waals surface area contributed by atoms with E-state index in [9.17, 15) is 4.79 Å². The van der Waals surface area contributed by atoms with E-state index in [-0.39, 0.29) is 5.91 Å². The lowest BCUT2D eigenvalue weighted by atomic mass is 9.95. The van der Waals surface area contributed by atoms with Gasteiger partial charge in [-0.1, -0.05) is 0 Å². The third kappa shape index (κ3) is 3.84. The van der Waals surface area contributed by atoms with Gasteiger partial charge in [0.15, 0.2) is 0 Å². The number of piperidine rings is 1. The van der Waals surface area contributed by atoms with Gasteiger partial charge in [0.25, 0.3) is 5.91 Å². The van der Waals surface area contributed by atoms with Gasteiger partial charge >= 0.3 is 0 Å². The zero-order valence-corrected chi connectivity index (χ0v) is 14.8. The number of aryl methyl sites for hydroxylation is 1. The first-order valence-corrected chi connectivity index (χ1v) is 9.19. The first-order chi connectivity index (χ1) is 11.2. The largest absolute Gasteiger partial charge is 0.379 e. The molecule has 3 heterocycles. The molecule has 0 unspecified atom stereocenters. The Hall–Kier alpha value is -1.18. The summed E-state index contributed by atoms with van der Waals surface area (Å²) in [6.07, 6.45) is 2.18. The van der Waals surface area contributed by atoms with E-state index in [1.807, 2.05) is 18.9 Å². The van der Waals surface area contributed by atoms with Crippen LogP contribution in [-0.2, 0) is 4.74 Å². The first-order valence-electron chi connectivity index (χ1n) is 8.42. The summed E-state index contributed by atoms with van der Waals surface area (Å²) in [7, 11) is 1.85. The molecule has 1 aromatic rings. The van der Waals surface area contributed by atoms with Crippen LogP contribution in [0.4, 0.5) is 5.00 Å². The number of ether oxygens (including phenoxy) is 1. The van der Waals surface area contributed by atoms with Crippen LogP contribution in [0.25, 0.3) is 0 Å². The number of nitrogens with zero attached hydrogens (tertiary/aromatic N) is 3. The number of amides is 1. The van der Waals surface area contributed by atoms with Crippen molar-refractivity contribution in [3.8, 4) is 0 Å². The summed E-state index contributed by atoms with van der Waals surface area (Å²) >= 11 is 1.37. The van der Waals surface area contributed by atoms with Gasteiger partial charge in [0.05, 0.1) is 24.5 Å². The summed E-state index contributed by atoms with van der Waals surface area (Å²) in [6.45, 7) is 8.57. The summed E-state index contributed by atoms with van der Waals surface area (Å²) in [4.78, 5) is 17.3. The Balaban J connectivity index is 1.54. The molecule has 0 radical (unpaired) electrons. The van der Waals surface area contributed by atoms with Crippen molar-refractivity contribution < 1.29 is 9.53 Å². The maximum atomic E-state index is 12.8. The van der Waals surface area contributed by atoms with E-state index in [4.69, 9.17) is 4.74 Å². The minimum Gasteiger partial charge on any atom is -0.379 e. The Morgan fingerprint density at radius 1 is 1.30 bits per heavy atom. The van der Waals surface area contributed by atoms with Gasteiger partial charge in [-0.3, -0.25) is 9.69 Å². The van der Waals surface area contributed by atoms with Crippen molar-refractivity contribution in [3.63, 3.8) is 0 Å². The van der Waals surface area contributed by atoms with Crippen molar-refractivity contribution in [1.82, 2.24) is 14.2 Å². The van der Waals surface area contributed by atoms with Crippen LogP contribution in [0.2, 0.25) is 0 Å². The monoisotopic (exact) mass is 338 g/mol. The van der Waals surface area contributed by atoms with Crippen LogP contribution >= 0.6 is 11.5 Å². The van der Waals surface area contributed by atoms with Crippen LogP contribution in [0, 0.1) is 12.8 Å². The molecule has 2 aliphatic heterocycles. The van der Waals surface area contributed by atoms with Gasteiger partial charge in [-0.15, -0.1) is 0 Å². The Kier molecular flexibility index (Phi) is 5.50. The number of rotatable bonds is 4. The highest BCUT2D eigenvalue weighted by Crippen LogP contribution is 2.27. The van der Waals surface area contributed by atoms with Crippen molar-refractivity contribution in [2.24, 2.45) is 5.92 Å². The highest BCUT2D eigenvalue weighted by molar-refractivity contribution is 7.10. The number of carbonyl (C=O) groups is 1. The third-order valence-corrected chi connectivity index (χ3v) is 5.78. The van der Waals surface area contributed by atoms with Gasteiger partial charge in [0, 0.05) is 39.8 Å². The molecule has 0 saturated carbocycles. The maximum Gasteiger partial charge on any atom is 0.258 e. The standard InChI is InChI=1S/C16H26N4O2S/c1-12-14(15(17-2)23-18-12)16(21)20-5-3-13(4-6-20)11-19-7-9-22-10-8-19/h13,17H,3-11H2,1-2H3. The zero-order valence-electron chi connectivity index (χ0n) is 14.0. The lowest BCUT2D eigenvalue weighted by molar-refractivity contribution is 0.0243. The van der Waals surface area contributed by atoms with E-state index in [1.165, 1.54) is 11.5 Å². The van der Waals surface area contributed by atoms with Crippen LogP contribution in [0.1, 0.15) is 28.9 Å². The molecule has 0 atom stereocenters. The Labute approximate surface area is 142 Å². The van der Waals surface area contributed by atoms with Crippen LogP contribution in [0.5, 0.6) is 0 Å². The molecule has 2 fully saturated rings. The van der Waals surface area contributed by atoms with Crippen LogP contribution in [0.15, 0.2) is 0 Å². The zero-order chi connectivity index (χ0) is 16.2. The number of morpholine rings is 1. The SMILES string of the molecule is CNc1snc(C)c1C(=O)N1CCC(CN2CCOCC2)CC1. The maximum absolute atomic E-state index is 12.8. The number of anilines is 1. The number of nitrogens with one attached hydrogen (secondary N) is 1. The molecule has 1 aromatic heterocycles. The molecule has 128 valence electrons. The fourth-order valence-electron chi connectivity index (χ4n) is 3.42. The number of hydrogen-bond donors (Lipinski definition) is 1. The number of carbonyl (C=O) groups excluding carboxylic acids is 1. The Morgan fingerprint density at radius 2 is 2.00 bits per heavy atom. The molecule has 7 heteroatoms. The van der Waals surface area contributed by atoms with E-state index in [0.29, 0.717) is 5.92 Å². The molecule has 0 bridgehead atoms. The van der Waals surface area contributed by atoms with Gasteiger partial charge in [0.2, 0.25) is 0 Å². The quantitative estimate of drug-likeness (QED) is 0.905. The number of hydrogen-bond acceptors (Lipinski definition) is 6. The molecule has 0 spiro atoms. The normalized spacial score (nSPS) is 20.7. The fourth-order valence-corrected chi connectivity index (χ4v) is 4.15. The van der Waals surface area contributed by atoms with Crippen molar-refractivity contribution in [3.05, 3.63) is 11.3 Å². The van der Waals surface area contributed by atoms with Crippen LogP contribution < -0.4 is 5.32 Å². The molecule has 23 heavy (non-hydrogen) atoms. The van der Waals surface area contributed by atoms with E-state index in [0.717, 1.165) is 75.0 Å². The Bertz CT molecular complexity index is 534. The summed E-state index contributed by atoms with van der Waals surface area (Å²) in [5.41, 5.74) is 1.59. The molecule has 6 nitrogen and oxygen atoms in total. The second-order valence-electron chi connectivity index (χ2n) is 6.37. The highest BCUT2D eigenvalue weighted by Gasteiger charge is 2.28. The van der Waals surface area contributed by atoms with Gasteiger partial charge in [-0.05, 0) is 37.2 Å². The smallest absolute Gasteiger partial charge is 0.258 e. The lowest BCUT2D eigenvalue weighted by Crippen LogP contribution is -2.44. The van der Waals surface area contributed by atoms with E-state index in [2.05, 4.69) is 14.6 Å². The molecule has 0 aliphatic carbocycles. The first kappa shape index (κ1) is 16.7. The minimum atomic E-state index is 0.130. The van der Waals surface area contributed by atoms with Crippen molar-refractivity contribution >= 4 is 22.4 Å². The minimum absolute atomic E-state index is 0.130. The highest BCUT2D eigenvalue weighted by atomic mass is 32.1. The molecular formula is C16H26N4O2S.